The highest BCUT2D eigenvalue weighted by Gasteiger charge is 2.27. The van der Waals surface area contributed by atoms with Gasteiger partial charge in [0.2, 0.25) is 0 Å². The van der Waals surface area contributed by atoms with Gasteiger partial charge in [0.25, 0.3) is 0 Å². The Bertz CT molecular complexity index is 410. The number of nitrogens with two attached hydrogens (primary N) is 1. The number of anilines is 1. The van der Waals surface area contributed by atoms with E-state index in [0.717, 1.165) is 0 Å². The molecule has 0 saturated heterocycles. The zero-order valence-electron chi connectivity index (χ0n) is 9.46. The molecule has 0 radical (unpaired) electrons. The molecule has 1 aromatic rings. The van der Waals surface area contributed by atoms with Gasteiger partial charge in [-0.3, -0.25) is 0 Å². The molecule has 18 heavy (non-hydrogen) atoms. The maximum atomic E-state index is 11.8. The van der Waals surface area contributed by atoms with E-state index >= 15 is 0 Å². The Morgan fingerprint density at radius 1 is 1.33 bits per heavy atom. The summed E-state index contributed by atoms with van der Waals surface area (Å²) in [5, 5.41) is 2.92. The maximum absolute atomic E-state index is 11.8. The molecular weight excluding hydrogens is 265 g/mol. The van der Waals surface area contributed by atoms with Crippen LogP contribution in [0.4, 0.5) is 18.9 Å². The number of thiocarbonyl (C=S) groups is 1. The summed E-state index contributed by atoms with van der Waals surface area (Å²) in [6, 6.07) is 7.04. The lowest BCUT2D eigenvalue weighted by Crippen LogP contribution is -2.21. The molecule has 0 atom stereocenters. The summed E-state index contributed by atoms with van der Waals surface area (Å²) in [6.07, 6.45) is -4.29. The SMILES string of the molecule is NC(=S)c1ccccc1NCCOCC(F)(F)F. The Morgan fingerprint density at radius 3 is 2.61 bits per heavy atom. The molecule has 0 aromatic heterocycles. The highest BCUT2D eigenvalue weighted by atomic mass is 32.1. The second kappa shape index (κ2) is 6.55. The first-order valence-corrected chi connectivity index (χ1v) is 5.58. The van der Waals surface area contributed by atoms with Crippen molar-refractivity contribution < 1.29 is 17.9 Å². The van der Waals surface area contributed by atoms with E-state index in [4.69, 9.17) is 18.0 Å². The van der Waals surface area contributed by atoms with Gasteiger partial charge in [-0.1, -0.05) is 24.4 Å². The maximum Gasteiger partial charge on any atom is 0.411 e. The van der Waals surface area contributed by atoms with Crippen LogP contribution in [0.1, 0.15) is 5.56 Å². The van der Waals surface area contributed by atoms with Gasteiger partial charge in [0.1, 0.15) is 11.6 Å². The highest BCUT2D eigenvalue weighted by molar-refractivity contribution is 7.80. The van der Waals surface area contributed by atoms with Crippen LogP contribution in [0.25, 0.3) is 0 Å². The molecule has 0 fully saturated rings. The lowest BCUT2D eigenvalue weighted by molar-refractivity contribution is -0.172. The molecule has 0 bridgehead atoms. The number of ether oxygens (including phenoxy) is 1. The molecule has 0 unspecified atom stereocenters. The number of hydrogen-bond donors (Lipinski definition) is 2. The van der Waals surface area contributed by atoms with Gasteiger partial charge in [-0.25, -0.2) is 0 Å². The molecule has 0 heterocycles. The van der Waals surface area contributed by atoms with Gasteiger partial charge in [-0.2, -0.15) is 13.2 Å². The molecule has 7 heteroatoms. The Labute approximate surface area is 108 Å². The molecule has 1 rings (SSSR count). The van der Waals surface area contributed by atoms with E-state index in [1.807, 2.05) is 0 Å². The standard InChI is InChI=1S/C11H13F3N2OS/c12-11(13,14)7-17-6-5-16-9-4-2-1-3-8(9)10(15)18/h1-4,16H,5-7H2,(H2,15,18). The number of halogens is 3. The topological polar surface area (TPSA) is 47.3 Å². The molecule has 0 aliphatic rings. The van der Waals surface area contributed by atoms with Gasteiger partial charge >= 0.3 is 6.18 Å². The number of rotatable bonds is 6. The Hall–Kier alpha value is -1.34. The third-order valence-corrected chi connectivity index (χ3v) is 2.24. The quantitative estimate of drug-likeness (QED) is 0.619. The summed E-state index contributed by atoms with van der Waals surface area (Å²) >= 11 is 4.86. The lowest BCUT2D eigenvalue weighted by atomic mass is 10.2. The minimum absolute atomic E-state index is 0.0504. The summed E-state index contributed by atoms with van der Waals surface area (Å²) in [5.74, 6) is 0. The lowest BCUT2D eigenvalue weighted by Gasteiger charge is -2.12. The molecule has 0 saturated carbocycles. The van der Waals surface area contributed by atoms with E-state index in [0.29, 0.717) is 11.3 Å². The average Bonchev–Trinajstić information content (AvgIpc) is 2.27. The molecule has 0 aliphatic heterocycles. The average molecular weight is 278 g/mol. The summed E-state index contributed by atoms with van der Waals surface area (Å²) in [4.78, 5) is 0.231. The first-order valence-electron chi connectivity index (χ1n) is 5.17. The van der Waals surface area contributed by atoms with Crippen LogP contribution < -0.4 is 11.1 Å². The van der Waals surface area contributed by atoms with Gasteiger partial charge in [-0.05, 0) is 12.1 Å². The van der Waals surface area contributed by atoms with E-state index in [2.05, 4.69) is 10.1 Å². The van der Waals surface area contributed by atoms with Crippen molar-refractivity contribution in [3.05, 3.63) is 29.8 Å². The highest BCUT2D eigenvalue weighted by Crippen LogP contribution is 2.15. The normalized spacial score (nSPS) is 11.3. The Balaban J connectivity index is 2.38. The van der Waals surface area contributed by atoms with Crippen molar-refractivity contribution in [2.45, 2.75) is 6.18 Å². The monoisotopic (exact) mass is 278 g/mol. The molecule has 1 aromatic carbocycles. The van der Waals surface area contributed by atoms with Crippen molar-refractivity contribution in [1.82, 2.24) is 0 Å². The Morgan fingerprint density at radius 2 is 2.00 bits per heavy atom. The fourth-order valence-corrected chi connectivity index (χ4v) is 1.48. The molecule has 100 valence electrons. The molecule has 3 nitrogen and oxygen atoms in total. The van der Waals surface area contributed by atoms with Crippen molar-refractivity contribution in [3.8, 4) is 0 Å². The molecule has 0 spiro atoms. The summed E-state index contributed by atoms with van der Waals surface area (Å²) in [7, 11) is 0. The molecular formula is C11H13F3N2OS. The van der Waals surface area contributed by atoms with Crippen LogP contribution in [0.15, 0.2) is 24.3 Å². The van der Waals surface area contributed by atoms with E-state index in [1.165, 1.54) is 0 Å². The summed E-state index contributed by atoms with van der Waals surface area (Å²) < 4.78 is 39.9. The van der Waals surface area contributed by atoms with Crippen LogP contribution in [-0.2, 0) is 4.74 Å². The van der Waals surface area contributed by atoms with Crippen LogP contribution in [0.3, 0.4) is 0 Å². The van der Waals surface area contributed by atoms with E-state index in [-0.39, 0.29) is 18.1 Å². The third-order valence-electron chi connectivity index (χ3n) is 2.02. The summed E-state index contributed by atoms with van der Waals surface area (Å²) in [5.41, 5.74) is 6.85. The van der Waals surface area contributed by atoms with Crippen LogP contribution >= 0.6 is 12.2 Å². The van der Waals surface area contributed by atoms with Crippen molar-refractivity contribution >= 4 is 22.9 Å². The number of para-hydroxylation sites is 1. The van der Waals surface area contributed by atoms with Crippen LogP contribution in [-0.4, -0.2) is 30.9 Å². The fourth-order valence-electron chi connectivity index (χ4n) is 1.30. The predicted octanol–water partition coefficient (Wildman–Crippen LogP) is 2.31. The number of benzene rings is 1. The van der Waals surface area contributed by atoms with Gasteiger partial charge in [-0.15, -0.1) is 0 Å². The van der Waals surface area contributed by atoms with Crippen LogP contribution in [0, 0.1) is 0 Å². The minimum atomic E-state index is -4.29. The van der Waals surface area contributed by atoms with Crippen LogP contribution in [0.2, 0.25) is 0 Å². The second-order valence-electron chi connectivity index (χ2n) is 3.50. The summed E-state index contributed by atoms with van der Waals surface area (Å²) in [6.45, 7) is -1.05. The number of nitrogens with one attached hydrogen (secondary N) is 1. The van der Waals surface area contributed by atoms with E-state index in [9.17, 15) is 13.2 Å². The molecule has 3 N–H and O–H groups in total. The largest absolute Gasteiger partial charge is 0.411 e. The van der Waals surface area contributed by atoms with Gasteiger partial charge in [0, 0.05) is 17.8 Å². The first-order chi connectivity index (χ1) is 8.40. The Kier molecular flexibility index (Phi) is 5.36. The molecule has 0 aliphatic carbocycles. The zero-order chi connectivity index (χ0) is 13.6. The van der Waals surface area contributed by atoms with Gasteiger partial charge < -0.3 is 15.8 Å². The van der Waals surface area contributed by atoms with Crippen LogP contribution in [0.5, 0.6) is 0 Å². The predicted molar refractivity (Wildman–Crippen MR) is 67.7 cm³/mol. The van der Waals surface area contributed by atoms with Gasteiger partial charge in [0.15, 0.2) is 0 Å². The smallest absolute Gasteiger partial charge is 0.389 e. The zero-order valence-corrected chi connectivity index (χ0v) is 10.3. The van der Waals surface area contributed by atoms with Crippen molar-refractivity contribution in [2.24, 2.45) is 5.73 Å². The number of alkyl halides is 3. The van der Waals surface area contributed by atoms with Gasteiger partial charge in [0.05, 0.1) is 6.61 Å². The van der Waals surface area contributed by atoms with Crippen molar-refractivity contribution in [2.75, 3.05) is 25.1 Å². The first kappa shape index (κ1) is 14.7. The third kappa shape index (κ3) is 5.33. The minimum Gasteiger partial charge on any atom is -0.389 e. The number of hydrogen-bond acceptors (Lipinski definition) is 3. The molecule has 0 amide bonds. The second-order valence-corrected chi connectivity index (χ2v) is 3.94. The van der Waals surface area contributed by atoms with Crippen molar-refractivity contribution in [3.63, 3.8) is 0 Å². The van der Waals surface area contributed by atoms with E-state index in [1.54, 1.807) is 24.3 Å². The van der Waals surface area contributed by atoms with E-state index < -0.39 is 12.8 Å². The van der Waals surface area contributed by atoms with Crippen molar-refractivity contribution in [1.29, 1.82) is 0 Å². The fraction of sp³-hybridized carbons (Fsp3) is 0.364.